The van der Waals surface area contributed by atoms with Crippen LogP contribution in [0.3, 0.4) is 0 Å². The molecule has 96 valence electrons. The van der Waals surface area contributed by atoms with E-state index in [0.29, 0.717) is 31.0 Å². The SMILES string of the molecule is CC(C)N1CCN(CCCC(N)=S)C(=O)C1=O. The summed E-state index contributed by atoms with van der Waals surface area (Å²) in [5.74, 6) is -0.811. The summed E-state index contributed by atoms with van der Waals surface area (Å²) in [6.07, 6.45) is 1.33. The van der Waals surface area contributed by atoms with Gasteiger partial charge in [0.25, 0.3) is 0 Å². The van der Waals surface area contributed by atoms with E-state index in [0.717, 1.165) is 6.42 Å². The van der Waals surface area contributed by atoms with Crippen LogP contribution in [0.5, 0.6) is 0 Å². The number of amides is 2. The molecule has 0 unspecified atom stereocenters. The molecule has 0 atom stereocenters. The van der Waals surface area contributed by atoms with Crippen molar-refractivity contribution in [3.63, 3.8) is 0 Å². The van der Waals surface area contributed by atoms with E-state index in [2.05, 4.69) is 0 Å². The van der Waals surface area contributed by atoms with Crippen molar-refractivity contribution in [3.05, 3.63) is 0 Å². The van der Waals surface area contributed by atoms with Crippen molar-refractivity contribution in [1.29, 1.82) is 0 Å². The Bertz CT molecular complexity index is 331. The molecule has 6 heteroatoms. The first-order valence-corrected chi connectivity index (χ1v) is 6.22. The van der Waals surface area contributed by atoms with Crippen LogP contribution >= 0.6 is 12.2 Å². The smallest absolute Gasteiger partial charge is 0.312 e. The summed E-state index contributed by atoms with van der Waals surface area (Å²) in [5.41, 5.74) is 5.38. The van der Waals surface area contributed by atoms with Gasteiger partial charge in [0.05, 0.1) is 4.99 Å². The normalized spacial score (nSPS) is 16.9. The quantitative estimate of drug-likeness (QED) is 0.561. The van der Waals surface area contributed by atoms with Crippen molar-refractivity contribution in [2.45, 2.75) is 32.7 Å². The van der Waals surface area contributed by atoms with Crippen LogP contribution in [-0.2, 0) is 9.59 Å². The van der Waals surface area contributed by atoms with Crippen molar-refractivity contribution in [2.24, 2.45) is 5.73 Å². The van der Waals surface area contributed by atoms with Crippen LogP contribution in [0.1, 0.15) is 26.7 Å². The summed E-state index contributed by atoms with van der Waals surface area (Å²) in [4.78, 5) is 27.2. The number of thiocarbonyl (C=S) groups is 1. The molecule has 1 aliphatic heterocycles. The minimum absolute atomic E-state index is 0.0743. The number of hydrogen-bond donors (Lipinski definition) is 1. The second-order valence-corrected chi connectivity index (χ2v) is 4.98. The van der Waals surface area contributed by atoms with E-state index in [1.54, 1.807) is 9.80 Å². The topological polar surface area (TPSA) is 66.6 Å². The number of rotatable bonds is 5. The average molecular weight is 257 g/mol. The van der Waals surface area contributed by atoms with Gasteiger partial charge in [-0.2, -0.15) is 0 Å². The van der Waals surface area contributed by atoms with Crippen molar-refractivity contribution in [3.8, 4) is 0 Å². The zero-order valence-corrected chi connectivity index (χ0v) is 11.1. The summed E-state index contributed by atoms with van der Waals surface area (Å²) in [6.45, 7) is 5.57. The van der Waals surface area contributed by atoms with Crippen LogP contribution in [0, 0.1) is 0 Å². The Morgan fingerprint density at radius 2 is 2.00 bits per heavy atom. The van der Waals surface area contributed by atoms with E-state index in [1.807, 2.05) is 13.8 Å². The first-order chi connectivity index (χ1) is 7.93. The van der Waals surface area contributed by atoms with Gasteiger partial charge in [0.15, 0.2) is 0 Å². The van der Waals surface area contributed by atoms with Gasteiger partial charge < -0.3 is 15.5 Å². The molecular weight excluding hydrogens is 238 g/mol. The van der Waals surface area contributed by atoms with E-state index in [9.17, 15) is 9.59 Å². The summed E-state index contributed by atoms with van der Waals surface area (Å²) in [5, 5.41) is 0. The highest BCUT2D eigenvalue weighted by molar-refractivity contribution is 7.80. The molecular formula is C11H19N3O2S. The van der Waals surface area contributed by atoms with Gasteiger partial charge in [-0.1, -0.05) is 12.2 Å². The third-order valence-corrected chi connectivity index (χ3v) is 3.02. The van der Waals surface area contributed by atoms with Crippen LogP contribution in [0.4, 0.5) is 0 Å². The highest BCUT2D eigenvalue weighted by Gasteiger charge is 2.33. The molecule has 17 heavy (non-hydrogen) atoms. The lowest BCUT2D eigenvalue weighted by molar-refractivity contribution is -0.157. The second kappa shape index (κ2) is 5.95. The highest BCUT2D eigenvalue weighted by atomic mass is 32.1. The lowest BCUT2D eigenvalue weighted by Gasteiger charge is -2.36. The Labute approximate surface area is 107 Å². The zero-order chi connectivity index (χ0) is 13.0. The third-order valence-electron chi connectivity index (χ3n) is 2.82. The van der Waals surface area contributed by atoms with Crippen LogP contribution in [0.25, 0.3) is 0 Å². The van der Waals surface area contributed by atoms with Gasteiger partial charge in [0, 0.05) is 25.7 Å². The largest absolute Gasteiger partial charge is 0.393 e. The van der Waals surface area contributed by atoms with Gasteiger partial charge in [-0.15, -0.1) is 0 Å². The van der Waals surface area contributed by atoms with Gasteiger partial charge in [0.2, 0.25) is 0 Å². The van der Waals surface area contributed by atoms with Crippen LogP contribution < -0.4 is 5.73 Å². The van der Waals surface area contributed by atoms with Crippen molar-refractivity contribution in [2.75, 3.05) is 19.6 Å². The molecule has 1 fully saturated rings. The van der Waals surface area contributed by atoms with Crippen molar-refractivity contribution >= 4 is 29.0 Å². The molecule has 0 aromatic rings. The summed E-state index contributed by atoms with van der Waals surface area (Å²) in [7, 11) is 0. The maximum atomic E-state index is 11.8. The standard InChI is InChI=1S/C11H19N3O2S/c1-8(2)14-7-6-13(10(15)11(14)16)5-3-4-9(12)17/h8H,3-7H2,1-2H3,(H2,12,17). The van der Waals surface area contributed by atoms with Crippen LogP contribution in [0.2, 0.25) is 0 Å². The van der Waals surface area contributed by atoms with Crippen molar-refractivity contribution in [1.82, 2.24) is 9.80 Å². The first kappa shape index (κ1) is 13.9. The molecule has 0 aromatic heterocycles. The Morgan fingerprint density at radius 1 is 1.35 bits per heavy atom. The van der Waals surface area contributed by atoms with E-state index >= 15 is 0 Å². The molecule has 0 radical (unpaired) electrons. The van der Waals surface area contributed by atoms with Gasteiger partial charge in [-0.05, 0) is 26.7 Å². The summed E-state index contributed by atoms with van der Waals surface area (Å²) < 4.78 is 0. The minimum Gasteiger partial charge on any atom is -0.393 e. The van der Waals surface area contributed by atoms with Gasteiger partial charge in [-0.3, -0.25) is 9.59 Å². The number of carbonyl (C=O) groups excluding carboxylic acids is 2. The molecule has 1 heterocycles. The predicted molar refractivity (Wildman–Crippen MR) is 69.4 cm³/mol. The minimum atomic E-state index is -0.409. The second-order valence-electron chi connectivity index (χ2n) is 4.45. The number of hydrogen-bond acceptors (Lipinski definition) is 3. The maximum absolute atomic E-state index is 11.8. The fraction of sp³-hybridized carbons (Fsp3) is 0.727. The van der Waals surface area contributed by atoms with E-state index in [1.165, 1.54) is 0 Å². The molecule has 2 amide bonds. The summed E-state index contributed by atoms with van der Waals surface area (Å²) in [6, 6.07) is 0.0743. The van der Waals surface area contributed by atoms with Gasteiger partial charge >= 0.3 is 11.8 Å². The maximum Gasteiger partial charge on any atom is 0.312 e. The number of nitrogens with two attached hydrogens (primary N) is 1. The summed E-state index contributed by atoms with van der Waals surface area (Å²) >= 11 is 4.77. The van der Waals surface area contributed by atoms with Crippen LogP contribution in [-0.4, -0.2) is 52.3 Å². The molecule has 0 saturated carbocycles. The average Bonchev–Trinajstić information content (AvgIpc) is 2.23. The third kappa shape index (κ3) is 3.66. The molecule has 0 spiro atoms. The number of nitrogens with zero attached hydrogens (tertiary/aromatic N) is 2. The molecule has 0 aliphatic carbocycles. The predicted octanol–water partition coefficient (Wildman–Crippen LogP) is 0.132. The fourth-order valence-corrected chi connectivity index (χ4v) is 1.98. The van der Waals surface area contributed by atoms with E-state index in [4.69, 9.17) is 18.0 Å². The Hall–Kier alpha value is -1.17. The molecule has 0 aromatic carbocycles. The number of piperazine rings is 1. The van der Waals surface area contributed by atoms with E-state index in [-0.39, 0.29) is 6.04 Å². The van der Waals surface area contributed by atoms with Gasteiger partial charge in [0.1, 0.15) is 0 Å². The molecule has 1 aliphatic rings. The first-order valence-electron chi connectivity index (χ1n) is 5.81. The van der Waals surface area contributed by atoms with Gasteiger partial charge in [-0.25, -0.2) is 0 Å². The molecule has 0 bridgehead atoms. The zero-order valence-electron chi connectivity index (χ0n) is 10.3. The molecule has 5 nitrogen and oxygen atoms in total. The van der Waals surface area contributed by atoms with Crippen LogP contribution in [0.15, 0.2) is 0 Å². The Morgan fingerprint density at radius 3 is 2.53 bits per heavy atom. The lowest BCUT2D eigenvalue weighted by atomic mass is 10.2. The fourth-order valence-electron chi connectivity index (χ4n) is 1.84. The molecule has 2 N–H and O–H groups in total. The van der Waals surface area contributed by atoms with E-state index < -0.39 is 11.8 Å². The molecule has 1 rings (SSSR count). The lowest BCUT2D eigenvalue weighted by Crippen LogP contribution is -2.56. The highest BCUT2D eigenvalue weighted by Crippen LogP contribution is 2.09. The molecule has 1 saturated heterocycles. The van der Waals surface area contributed by atoms with Crippen molar-refractivity contribution < 1.29 is 9.59 Å². The monoisotopic (exact) mass is 257 g/mol. The Kier molecular flexibility index (Phi) is 4.86. The number of carbonyl (C=O) groups is 2. The Balaban J connectivity index is 2.48.